The van der Waals surface area contributed by atoms with Crippen LogP contribution in [0.5, 0.6) is 0 Å². The van der Waals surface area contributed by atoms with Crippen molar-refractivity contribution in [3.05, 3.63) is 23.3 Å². The molecule has 0 amide bonds. The second-order valence-electron chi connectivity index (χ2n) is 11.5. The monoisotopic (exact) mass is 564 g/mol. The number of epoxide rings is 1. The van der Waals surface area contributed by atoms with E-state index in [-0.39, 0.29) is 6.42 Å². The fourth-order valence-electron chi connectivity index (χ4n) is 7.01. The van der Waals surface area contributed by atoms with Crippen LogP contribution in [0.2, 0.25) is 0 Å². The van der Waals surface area contributed by atoms with Gasteiger partial charge in [0.05, 0.1) is 5.41 Å². The van der Waals surface area contributed by atoms with E-state index in [1.807, 2.05) is 0 Å². The van der Waals surface area contributed by atoms with Crippen LogP contribution in [-0.4, -0.2) is 82.8 Å². The van der Waals surface area contributed by atoms with Gasteiger partial charge >= 0.3 is 29.8 Å². The number of aliphatic hydroxyl groups is 1. The summed E-state index contributed by atoms with van der Waals surface area (Å²) < 4.78 is 35.1. The molecule has 220 valence electrons. The molecule has 1 spiro atoms. The van der Waals surface area contributed by atoms with Crippen molar-refractivity contribution in [2.75, 3.05) is 0 Å². The Morgan fingerprint density at radius 3 is 1.90 bits per heavy atom. The van der Waals surface area contributed by atoms with Gasteiger partial charge in [0.25, 0.3) is 0 Å². The molecule has 1 N–H and O–H groups in total. The summed E-state index contributed by atoms with van der Waals surface area (Å²) in [4.78, 5) is 62.9. The highest BCUT2D eigenvalue weighted by Crippen LogP contribution is 2.65. The predicted molar refractivity (Wildman–Crippen MR) is 134 cm³/mol. The molecule has 0 aromatic rings. The highest BCUT2D eigenvalue weighted by molar-refractivity contribution is 5.89. The molecule has 2 heterocycles. The zero-order valence-electron chi connectivity index (χ0n) is 23.8. The number of ether oxygens (including phenoxy) is 6. The van der Waals surface area contributed by atoms with E-state index in [4.69, 9.17) is 28.4 Å². The number of aliphatic hydroxyl groups excluding tert-OH is 1. The molecule has 12 heteroatoms. The minimum atomic E-state index is -1.59. The van der Waals surface area contributed by atoms with Gasteiger partial charge in [-0.15, -0.1) is 0 Å². The number of fused-ring (bicyclic) bond motifs is 1. The molecule has 0 radical (unpaired) electrons. The predicted octanol–water partition coefficient (Wildman–Crippen LogP) is 1.46. The third-order valence-corrected chi connectivity index (χ3v) is 8.47. The molecule has 10 atom stereocenters. The zero-order chi connectivity index (χ0) is 29.9. The summed E-state index contributed by atoms with van der Waals surface area (Å²) >= 11 is 0. The van der Waals surface area contributed by atoms with E-state index in [0.29, 0.717) is 11.1 Å². The van der Waals surface area contributed by atoms with E-state index in [2.05, 4.69) is 0 Å². The van der Waals surface area contributed by atoms with Gasteiger partial charge in [-0.05, 0) is 26.8 Å². The summed E-state index contributed by atoms with van der Waals surface area (Å²) in [7, 11) is 0. The van der Waals surface area contributed by atoms with Crippen LogP contribution in [0.25, 0.3) is 0 Å². The van der Waals surface area contributed by atoms with E-state index < -0.39 is 89.0 Å². The maximum atomic E-state index is 13.1. The molecule has 4 aliphatic rings. The lowest BCUT2D eigenvalue weighted by Gasteiger charge is -2.54. The van der Waals surface area contributed by atoms with Crippen molar-refractivity contribution >= 4 is 29.8 Å². The second kappa shape index (κ2) is 9.99. The van der Waals surface area contributed by atoms with Gasteiger partial charge in [-0.3, -0.25) is 19.2 Å². The molecule has 12 nitrogen and oxygen atoms in total. The summed E-state index contributed by atoms with van der Waals surface area (Å²) in [5.74, 6) is -4.46. The van der Waals surface area contributed by atoms with Gasteiger partial charge in [0, 0.05) is 40.0 Å². The van der Waals surface area contributed by atoms with Gasteiger partial charge in [-0.2, -0.15) is 0 Å². The number of hydrogen-bond acceptors (Lipinski definition) is 12. The fraction of sp³-hybridized carbons (Fsp3) is 0.679. The van der Waals surface area contributed by atoms with E-state index in [1.165, 1.54) is 26.8 Å². The lowest BCUT2D eigenvalue weighted by atomic mass is 9.56. The first-order valence-corrected chi connectivity index (χ1v) is 13.1. The second-order valence-corrected chi connectivity index (χ2v) is 11.5. The van der Waals surface area contributed by atoms with Gasteiger partial charge in [-0.25, -0.2) is 4.79 Å². The first kappa shape index (κ1) is 29.7. The van der Waals surface area contributed by atoms with Crippen LogP contribution >= 0.6 is 0 Å². The Kier molecular flexibility index (Phi) is 7.42. The average Bonchev–Trinajstić information content (AvgIpc) is 3.39. The van der Waals surface area contributed by atoms with Crippen molar-refractivity contribution in [3.8, 4) is 0 Å². The zero-order valence-corrected chi connectivity index (χ0v) is 23.8. The molecule has 0 saturated carbocycles. The lowest BCUT2D eigenvalue weighted by Crippen LogP contribution is -2.66. The van der Waals surface area contributed by atoms with Crippen molar-refractivity contribution < 1.29 is 57.5 Å². The van der Waals surface area contributed by atoms with Crippen molar-refractivity contribution in [3.63, 3.8) is 0 Å². The summed E-state index contributed by atoms with van der Waals surface area (Å²) in [6, 6.07) is 0. The van der Waals surface area contributed by atoms with Crippen LogP contribution in [0.4, 0.5) is 0 Å². The maximum Gasteiger partial charge on any atom is 0.342 e. The highest BCUT2D eigenvalue weighted by atomic mass is 16.7. The Balaban J connectivity index is 2.09. The van der Waals surface area contributed by atoms with Crippen LogP contribution in [0.15, 0.2) is 23.3 Å². The van der Waals surface area contributed by atoms with Gasteiger partial charge in [-0.1, -0.05) is 24.1 Å². The number of hydrogen-bond donors (Lipinski definition) is 1. The van der Waals surface area contributed by atoms with Crippen LogP contribution in [0, 0.1) is 11.3 Å². The van der Waals surface area contributed by atoms with E-state index >= 15 is 0 Å². The Morgan fingerprint density at radius 2 is 1.38 bits per heavy atom. The van der Waals surface area contributed by atoms with Gasteiger partial charge < -0.3 is 33.5 Å². The van der Waals surface area contributed by atoms with Crippen LogP contribution in [-0.2, 0) is 52.4 Å². The number of carbonyl (C=O) groups is 5. The van der Waals surface area contributed by atoms with Gasteiger partial charge in [0.15, 0.2) is 17.3 Å². The van der Waals surface area contributed by atoms with Gasteiger partial charge in [0.2, 0.25) is 0 Å². The van der Waals surface area contributed by atoms with Crippen molar-refractivity contribution in [2.45, 2.75) is 110 Å². The van der Waals surface area contributed by atoms with Crippen molar-refractivity contribution in [1.29, 1.82) is 0 Å². The normalized spacial score (nSPS) is 43.2. The first-order chi connectivity index (χ1) is 18.5. The molecule has 2 aliphatic carbocycles. The number of carbonyl (C=O) groups excluding carboxylic acids is 5. The largest absolute Gasteiger partial charge is 0.459 e. The molecule has 1 unspecified atom stereocenters. The standard InChI is InChI=1S/C28H36O12/c1-12-9-19(35-14(3)29)23(37-16(5)31)26(7)21(13(2)11-18(33)22(26)36-15(4)30)24(38-17(6)32)28-20(10-12)39-25(34)27(28,8)40-28/h10-11,18-24,33H,9H2,1-8H3/b12-10-/t18-,19?,20+,21-,22+,23+,24+,26-,27+,28+/m1/s1. The Bertz CT molecular complexity index is 1200. The molecule has 4 rings (SSSR count). The van der Waals surface area contributed by atoms with E-state index in [1.54, 1.807) is 33.8 Å². The summed E-state index contributed by atoms with van der Waals surface area (Å²) in [5, 5.41) is 11.2. The maximum absolute atomic E-state index is 13.1. The molecular weight excluding hydrogens is 528 g/mol. The molecule has 0 aromatic carbocycles. The Morgan fingerprint density at radius 1 is 0.850 bits per heavy atom. The SMILES string of the molecule is CC(=O)OC1C/C(C)=C\[C@@H]2OC(=O)[C@]3(C)O[C@]23[C@@H](OC(C)=O)[C@H]2C(C)=C[C@@H](O)[C@H](OC(C)=O)[C@]2(C)[C@H]1OC(C)=O. The quantitative estimate of drug-likeness (QED) is 0.227. The molecule has 2 aliphatic heterocycles. The third-order valence-electron chi connectivity index (χ3n) is 8.47. The van der Waals surface area contributed by atoms with E-state index in [9.17, 15) is 29.1 Å². The van der Waals surface area contributed by atoms with E-state index in [0.717, 1.165) is 6.92 Å². The molecule has 2 saturated heterocycles. The molecular formula is C28H36O12. The minimum absolute atomic E-state index is 0.0323. The highest BCUT2D eigenvalue weighted by Gasteiger charge is 2.87. The lowest BCUT2D eigenvalue weighted by molar-refractivity contribution is -0.224. The van der Waals surface area contributed by atoms with Crippen LogP contribution in [0.3, 0.4) is 0 Å². The third kappa shape index (κ3) is 4.50. The van der Waals surface area contributed by atoms with Crippen LogP contribution < -0.4 is 0 Å². The summed E-state index contributed by atoms with van der Waals surface area (Å²) in [5.41, 5.74) is -3.48. The molecule has 2 fully saturated rings. The fourth-order valence-corrected chi connectivity index (χ4v) is 7.01. The summed E-state index contributed by atoms with van der Waals surface area (Å²) in [6.07, 6.45) is -4.29. The topological polar surface area (TPSA) is 164 Å². The van der Waals surface area contributed by atoms with Crippen molar-refractivity contribution in [1.82, 2.24) is 0 Å². The first-order valence-electron chi connectivity index (χ1n) is 13.1. The Hall–Kier alpha value is -3.25. The number of esters is 5. The summed E-state index contributed by atoms with van der Waals surface area (Å²) in [6.45, 7) is 11.3. The molecule has 0 bridgehead atoms. The van der Waals surface area contributed by atoms with Crippen LogP contribution in [0.1, 0.15) is 61.8 Å². The minimum Gasteiger partial charge on any atom is -0.459 e. The average molecular weight is 565 g/mol. The molecule has 0 aromatic heterocycles. The number of rotatable bonds is 4. The molecule has 40 heavy (non-hydrogen) atoms. The van der Waals surface area contributed by atoms with Gasteiger partial charge in [0.1, 0.15) is 30.5 Å². The van der Waals surface area contributed by atoms with Crippen molar-refractivity contribution in [2.24, 2.45) is 11.3 Å². The Labute approximate surface area is 231 Å². The smallest absolute Gasteiger partial charge is 0.342 e.